The summed E-state index contributed by atoms with van der Waals surface area (Å²) in [7, 11) is 0. The summed E-state index contributed by atoms with van der Waals surface area (Å²) in [5.41, 5.74) is 0. The molecule has 432 valence electrons. The van der Waals surface area contributed by atoms with Crippen molar-refractivity contribution in [3.63, 3.8) is 0 Å². The zero-order valence-corrected chi connectivity index (χ0v) is 49.5. The third kappa shape index (κ3) is 60.7. The van der Waals surface area contributed by atoms with Gasteiger partial charge in [0.05, 0.1) is 0 Å². The first kappa shape index (κ1) is 71.8. The van der Waals surface area contributed by atoms with Gasteiger partial charge in [0.2, 0.25) is 0 Å². The van der Waals surface area contributed by atoms with Crippen LogP contribution in [0.25, 0.3) is 0 Å². The summed E-state index contributed by atoms with van der Waals surface area (Å²) in [5, 5.41) is 0. The van der Waals surface area contributed by atoms with Crippen molar-refractivity contribution in [2.75, 3.05) is 13.2 Å². The molecular formula is C70H116O6. The molecule has 0 radical (unpaired) electrons. The van der Waals surface area contributed by atoms with E-state index in [4.69, 9.17) is 14.2 Å². The van der Waals surface area contributed by atoms with Gasteiger partial charge in [0, 0.05) is 19.3 Å². The third-order valence-corrected chi connectivity index (χ3v) is 13.2. The molecule has 0 saturated heterocycles. The van der Waals surface area contributed by atoms with Crippen LogP contribution >= 0.6 is 0 Å². The van der Waals surface area contributed by atoms with Gasteiger partial charge in [-0.15, -0.1) is 0 Å². The van der Waals surface area contributed by atoms with Crippen molar-refractivity contribution >= 4 is 17.9 Å². The van der Waals surface area contributed by atoms with Gasteiger partial charge in [-0.1, -0.05) is 251 Å². The Morgan fingerprint density at radius 3 is 0.855 bits per heavy atom. The molecule has 1 unspecified atom stereocenters. The second-order valence-electron chi connectivity index (χ2n) is 20.6. The van der Waals surface area contributed by atoms with Gasteiger partial charge in [-0.2, -0.15) is 0 Å². The first-order valence-electron chi connectivity index (χ1n) is 31.5. The van der Waals surface area contributed by atoms with E-state index >= 15 is 0 Å². The Morgan fingerprint density at radius 2 is 0.513 bits per heavy atom. The molecule has 0 amide bonds. The van der Waals surface area contributed by atoms with E-state index in [-0.39, 0.29) is 31.1 Å². The van der Waals surface area contributed by atoms with E-state index in [2.05, 4.69) is 142 Å². The number of carbonyl (C=O) groups is 3. The summed E-state index contributed by atoms with van der Waals surface area (Å²) >= 11 is 0. The molecule has 0 fully saturated rings. The van der Waals surface area contributed by atoms with Crippen molar-refractivity contribution in [2.45, 2.75) is 290 Å². The van der Waals surface area contributed by atoms with Crippen LogP contribution in [0.3, 0.4) is 0 Å². The standard InChI is InChI=1S/C70H116O6/c1-4-7-10-13-16-19-22-25-28-31-34-35-37-39-42-45-48-51-54-57-60-63-69(72)75-66-67(65-74-68(71)62-59-56-53-50-47-44-41-38-33-30-27-24-21-18-15-12-9-6-3)76-70(73)64-61-58-55-52-49-46-43-40-36-32-29-26-23-20-17-14-11-8-5-2/h7,10,16-17,19-21,24-26,28-30,33-35,39,42,48,51,67H,4-6,8-9,11-15,18,22-23,27,31-32,36-38,40-41,43-47,49-50,52-66H2,1-3H3/b10-7-,19-16-,20-17-,24-21-,28-25-,29-26-,33-30-,35-34-,42-39-,51-48-. The van der Waals surface area contributed by atoms with Gasteiger partial charge in [-0.05, 0) is 135 Å². The van der Waals surface area contributed by atoms with Gasteiger partial charge in [0.1, 0.15) is 13.2 Å². The lowest BCUT2D eigenvalue weighted by molar-refractivity contribution is -0.167. The molecule has 0 aliphatic carbocycles. The molecule has 6 nitrogen and oxygen atoms in total. The molecule has 1 atom stereocenters. The number of ether oxygens (including phenoxy) is 3. The molecule has 0 aliphatic rings. The Labute approximate surface area is 469 Å². The van der Waals surface area contributed by atoms with Gasteiger partial charge in [-0.25, -0.2) is 0 Å². The second kappa shape index (κ2) is 63.3. The quantitative estimate of drug-likeness (QED) is 0.0261. The smallest absolute Gasteiger partial charge is 0.306 e. The minimum absolute atomic E-state index is 0.100. The molecule has 0 saturated carbocycles. The second-order valence-corrected chi connectivity index (χ2v) is 20.6. The maximum Gasteiger partial charge on any atom is 0.306 e. The number of allylic oxidation sites excluding steroid dienone is 20. The molecule has 0 aromatic rings. The van der Waals surface area contributed by atoms with Crippen molar-refractivity contribution in [1.82, 2.24) is 0 Å². The minimum atomic E-state index is -0.807. The summed E-state index contributed by atoms with van der Waals surface area (Å²) in [6.07, 6.45) is 87.6. The molecule has 0 heterocycles. The number of carbonyl (C=O) groups excluding carboxylic acids is 3. The molecule has 76 heavy (non-hydrogen) atoms. The van der Waals surface area contributed by atoms with E-state index in [0.29, 0.717) is 25.7 Å². The highest BCUT2D eigenvalue weighted by molar-refractivity contribution is 5.71. The van der Waals surface area contributed by atoms with Crippen LogP contribution in [-0.4, -0.2) is 37.2 Å². The highest BCUT2D eigenvalue weighted by Gasteiger charge is 2.19. The van der Waals surface area contributed by atoms with Crippen LogP contribution in [0.15, 0.2) is 122 Å². The fraction of sp³-hybridized carbons (Fsp3) is 0.671. The summed E-state index contributed by atoms with van der Waals surface area (Å²) in [5.74, 6) is -0.952. The Hall–Kier alpha value is -4.19. The number of hydrogen-bond acceptors (Lipinski definition) is 6. The maximum atomic E-state index is 12.9. The van der Waals surface area contributed by atoms with Crippen LogP contribution in [0.4, 0.5) is 0 Å². The van der Waals surface area contributed by atoms with E-state index in [1.165, 1.54) is 128 Å². The van der Waals surface area contributed by atoms with Gasteiger partial charge in [0.25, 0.3) is 0 Å². The maximum absolute atomic E-state index is 12.9. The van der Waals surface area contributed by atoms with E-state index in [0.717, 1.165) is 109 Å². The molecule has 0 N–H and O–H groups in total. The molecular weight excluding hydrogens is 937 g/mol. The molecule has 0 spiro atoms. The predicted molar refractivity (Wildman–Crippen MR) is 330 cm³/mol. The lowest BCUT2D eigenvalue weighted by Crippen LogP contribution is -2.30. The Bertz CT molecular complexity index is 1590. The Balaban J connectivity index is 4.50. The van der Waals surface area contributed by atoms with E-state index < -0.39 is 6.10 Å². The van der Waals surface area contributed by atoms with Gasteiger partial charge in [-0.3, -0.25) is 14.4 Å². The fourth-order valence-corrected chi connectivity index (χ4v) is 8.45. The average Bonchev–Trinajstić information content (AvgIpc) is 3.42. The largest absolute Gasteiger partial charge is 0.462 e. The van der Waals surface area contributed by atoms with Crippen LogP contribution in [-0.2, 0) is 28.6 Å². The van der Waals surface area contributed by atoms with Crippen molar-refractivity contribution in [2.24, 2.45) is 0 Å². The zero-order chi connectivity index (χ0) is 55.0. The highest BCUT2D eigenvalue weighted by Crippen LogP contribution is 2.15. The van der Waals surface area contributed by atoms with E-state index in [1.807, 2.05) is 0 Å². The third-order valence-electron chi connectivity index (χ3n) is 13.2. The van der Waals surface area contributed by atoms with Crippen LogP contribution in [0.2, 0.25) is 0 Å². The molecule has 0 rings (SSSR count). The van der Waals surface area contributed by atoms with E-state index in [9.17, 15) is 14.4 Å². The fourth-order valence-electron chi connectivity index (χ4n) is 8.45. The topological polar surface area (TPSA) is 78.9 Å². The summed E-state index contributed by atoms with van der Waals surface area (Å²) in [6.45, 7) is 6.45. The molecule has 0 bridgehead atoms. The van der Waals surface area contributed by atoms with Crippen LogP contribution in [0.5, 0.6) is 0 Å². The van der Waals surface area contributed by atoms with Gasteiger partial charge < -0.3 is 14.2 Å². The normalized spacial score (nSPS) is 12.9. The first-order chi connectivity index (χ1) is 37.5. The summed E-state index contributed by atoms with van der Waals surface area (Å²) in [4.78, 5) is 38.3. The van der Waals surface area contributed by atoms with Crippen LogP contribution in [0.1, 0.15) is 284 Å². The van der Waals surface area contributed by atoms with Crippen LogP contribution < -0.4 is 0 Å². The van der Waals surface area contributed by atoms with Gasteiger partial charge in [0.15, 0.2) is 6.10 Å². The van der Waals surface area contributed by atoms with Crippen LogP contribution in [0, 0.1) is 0 Å². The Kier molecular flexibility index (Phi) is 59.9. The van der Waals surface area contributed by atoms with Crippen molar-refractivity contribution < 1.29 is 28.6 Å². The highest BCUT2D eigenvalue weighted by atomic mass is 16.6. The number of hydrogen-bond donors (Lipinski definition) is 0. The van der Waals surface area contributed by atoms with Crippen molar-refractivity contribution in [1.29, 1.82) is 0 Å². The average molecular weight is 1050 g/mol. The van der Waals surface area contributed by atoms with Crippen molar-refractivity contribution in [3.8, 4) is 0 Å². The first-order valence-corrected chi connectivity index (χ1v) is 31.5. The molecule has 0 aromatic heterocycles. The number of unbranched alkanes of at least 4 members (excludes halogenated alkanes) is 25. The lowest BCUT2D eigenvalue weighted by atomic mass is 10.1. The van der Waals surface area contributed by atoms with Crippen molar-refractivity contribution in [3.05, 3.63) is 122 Å². The zero-order valence-electron chi connectivity index (χ0n) is 49.5. The molecule has 6 heteroatoms. The SMILES string of the molecule is CC/C=C\C/C=C\C/C=C\C/C=C\C/C=C\C/C=C\CCCCC(=O)OCC(COC(=O)CCCCCCCCC/C=C\C/C=C\CCCCCC)OC(=O)CCCCCCCCCCC/C=C\C/C=C\CCCCC. The molecule has 0 aromatic carbocycles. The van der Waals surface area contributed by atoms with Gasteiger partial charge >= 0.3 is 17.9 Å². The Morgan fingerprint density at radius 1 is 0.276 bits per heavy atom. The monoisotopic (exact) mass is 1050 g/mol. The number of esters is 3. The summed E-state index contributed by atoms with van der Waals surface area (Å²) < 4.78 is 16.9. The minimum Gasteiger partial charge on any atom is -0.462 e. The number of rotatable bonds is 56. The predicted octanol–water partition coefficient (Wildman–Crippen LogP) is 21.6. The lowest BCUT2D eigenvalue weighted by Gasteiger charge is -2.18. The van der Waals surface area contributed by atoms with E-state index in [1.54, 1.807) is 0 Å². The summed E-state index contributed by atoms with van der Waals surface area (Å²) in [6, 6.07) is 0. The molecule has 0 aliphatic heterocycles.